The lowest BCUT2D eigenvalue weighted by molar-refractivity contribution is -0.145. The van der Waals surface area contributed by atoms with Crippen molar-refractivity contribution >= 4 is 29.1 Å². The van der Waals surface area contributed by atoms with Crippen LogP contribution in [0.2, 0.25) is 10.0 Å². The summed E-state index contributed by atoms with van der Waals surface area (Å²) < 4.78 is 14.0. The standard InChI is InChI=1S/C21H22Cl2FNO/c1-12(2)25-20(14-4-6-16(22)7-5-14)19(8-13(3)21(25)26)15-9-17(23)11-18(24)10-15/h4-7,9-13,19-20H,8H2,1-3H3. The molecular weight excluding hydrogens is 372 g/mol. The monoisotopic (exact) mass is 393 g/mol. The summed E-state index contributed by atoms with van der Waals surface area (Å²) in [6, 6.07) is 12.0. The molecule has 2 aromatic carbocycles. The maximum Gasteiger partial charge on any atom is 0.226 e. The molecule has 2 nitrogen and oxygen atoms in total. The molecule has 1 fully saturated rings. The second-order valence-corrected chi connectivity index (χ2v) is 8.15. The molecule has 0 N–H and O–H groups in total. The van der Waals surface area contributed by atoms with Crippen molar-refractivity contribution in [3.8, 4) is 0 Å². The summed E-state index contributed by atoms with van der Waals surface area (Å²) in [6.45, 7) is 5.95. The number of nitrogens with zero attached hydrogens (tertiary/aromatic N) is 1. The van der Waals surface area contributed by atoms with Gasteiger partial charge in [0.1, 0.15) is 5.82 Å². The minimum Gasteiger partial charge on any atom is -0.332 e. The van der Waals surface area contributed by atoms with Crippen molar-refractivity contribution in [2.75, 3.05) is 0 Å². The van der Waals surface area contributed by atoms with E-state index in [0.29, 0.717) is 16.5 Å². The van der Waals surface area contributed by atoms with Gasteiger partial charge in [0, 0.05) is 27.9 Å². The summed E-state index contributed by atoms with van der Waals surface area (Å²) in [5.74, 6) is -0.408. The Morgan fingerprint density at radius 2 is 1.69 bits per heavy atom. The average Bonchev–Trinajstić information content (AvgIpc) is 2.56. The Morgan fingerprint density at radius 3 is 2.27 bits per heavy atom. The van der Waals surface area contributed by atoms with Crippen LogP contribution in [0.15, 0.2) is 42.5 Å². The average molecular weight is 394 g/mol. The first kappa shape index (κ1) is 19.2. The minimum absolute atomic E-state index is 0.0254. The Labute approximate surface area is 163 Å². The quantitative estimate of drug-likeness (QED) is 0.604. The van der Waals surface area contributed by atoms with Crippen molar-refractivity contribution in [2.24, 2.45) is 5.92 Å². The minimum atomic E-state index is -0.358. The van der Waals surface area contributed by atoms with Crippen LogP contribution in [0.3, 0.4) is 0 Å². The number of halogens is 3. The zero-order valence-corrected chi connectivity index (χ0v) is 16.6. The molecule has 0 aromatic heterocycles. The Morgan fingerprint density at radius 1 is 1.04 bits per heavy atom. The van der Waals surface area contributed by atoms with Crippen LogP contribution in [0.1, 0.15) is 50.3 Å². The summed E-state index contributed by atoms with van der Waals surface area (Å²) in [7, 11) is 0. The van der Waals surface area contributed by atoms with Crippen molar-refractivity contribution in [3.63, 3.8) is 0 Å². The van der Waals surface area contributed by atoms with Gasteiger partial charge in [-0.1, -0.05) is 42.3 Å². The van der Waals surface area contributed by atoms with Crippen molar-refractivity contribution in [1.29, 1.82) is 0 Å². The fourth-order valence-electron chi connectivity index (χ4n) is 3.93. The zero-order chi connectivity index (χ0) is 19.0. The van der Waals surface area contributed by atoms with E-state index < -0.39 is 0 Å². The first-order valence-electron chi connectivity index (χ1n) is 8.81. The van der Waals surface area contributed by atoms with Crippen molar-refractivity contribution in [3.05, 3.63) is 69.5 Å². The van der Waals surface area contributed by atoms with Crippen molar-refractivity contribution < 1.29 is 9.18 Å². The molecule has 1 heterocycles. The zero-order valence-electron chi connectivity index (χ0n) is 15.0. The van der Waals surface area contributed by atoms with E-state index in [1.54, 1.807) is 6.07 Å². The van der Waals surface area contributed by atoms with Gasteiger partial charge in [-0.05, 0) is 61.7 Å². The molecule has 0 bridgehead atoms. The molecule has 0 spiro atoms. The van der Waals surface area contributed by atoms with E-state index in [1.807, 2.05) is 49.9 Å². The molecule has 2 aromatic rings. The fourth-order valence-corrected chi connectivity index (χ4v) is 4.29. The molecule has 0 aliphatic carbocycles. The van der Waals surface area contributed by atoms with Crippen LogP contribution < -0.4 is 0 Å². The summed E-state index contributed by atoms with van der Waals surface area (Å²) in [6.07, 6.45) is 0.648. The van der Waals surface area contributed by atoms with E-state index in [1.165, 1.54) is 12.1 Å². The van der Waals surface area contributed by atoms with Crippen molar-refractivity contribution in [2.45, 2.75) is 45.2 Å². The molecule has 1 aliphatic heterocycles. The molecule has 26 heavy (non-hydrogen) atoms. The third kappa shape index (κ3) is 3.74. The van der Waals surface area contributed by atoms with Crippen LogP contribution in [0, 0.1) is 11.7 Å². The first-order valence-corrected chi connectivity index (χ1v) is 9.57. The lowest BCUT2D eigenvalue weighted by Crippen LogP contribution is -2.49. The van der Waals surface area contributed by atoms with Gasteiger partial charge in [-0.25, -0.2) is 4.39 Å². The summed E-state index contributed by atoms with van der Waals surface area (Å²) >= 11 is 12.2. The summed E-state index contributed by atoms with van der Waals surface area (Å²) in [5.41, 5.74) is 1.81. The maximum absolute atomic E-state index is 14.0. The van der Waals surface area contributed by atoms with Crippen LogP contribution in [-0.2, 0) is 4.79 Å². The Balaban J connectivity index is 2.14. The number of likely N-dealkylation sites (tertiary alicyclic amines) is 1. The van der Waals surface area contributed by atoms with E-state index in [9.17, 15) is 9.18 Å². The van der Waals surface area contributed by atoms with E-state index in [2.05, 4.69) is 0 Å². The van der Waals surface area contributed by atoms with E-state index in [0.717, 1.165) is 11.1 Å². The predicted molar refractivity (Wildman–Crippen MR) is 104 cm³/mol. The highest BCUT2D eigenvalue weighted by atomic mass is 35.5. The third-order valence-electron chi connectivity index (χ3n) is 5.05. The van der Waals surface area contributed by atoms with Crippen LogP contribution >= 0.6 is 23.2 Å². The SMILES string of the molecule is CC1CC(c2cc(F)cc(Cl)c2)C(c2ccc(Cl)cc2)N(C(C)C)C1=O. The molecule has 3 atom stereocenters. The van der Waals surface area contributed by atoms with Gasteiger partial charge in [0.25, 0.3) is 0 Å². The fraction of sp³-hybridized carbons (Fsp3) is 0.381. The summed E-state index contributed by atoms with van der Waals surface area (Å²) in [4.78, 5) is 14.8. The van der Waals surface area contributed by atoms with Crippen LogP contribution in [0.5, 0.6) is 0 Å². The lowest BCUT2D eigenvalue weighted by Gasteiger charge is -2.46. The number of carbonyl (C=O) groups excluding carboxylic acids is 1. The second-order valence-electron chi connectivity index (χ2n) is 7.28. The molecule has 0 saturated carbocycles. The predicted octanol–water partition coefficient (Wildman–Crippen LogP) is 6.23. The highest BCUT2D eigenvalue weighted by Crippen LogP contribution is 2.46. The topological polar surface area (TPSA) is 20.3 Å². The van der Waals surface area contributed by atoms with E-state index in [-0.39, 0.29) is 35.6 Å². The number of piperidine rings is 1. The van der Waals surface area contributed by atoms with Gasteiger partial charge in [-0.2, -0.15) is 0 Å². The normalized spacial score (nSPS) is 23.6. The Kier molecular flexibility index (Phi) is 5.59. The van der Waals surface area contributed by atoms with Gasteiger partial charge >= 0.3 is 0 Å². The molecule has 5 heteroatoms. The molecule has 1 saturated heterocycles. The van der Waals surface area contributed by atoms with Gasteiger partial charge in [-0.15, -0.1) is 0 Å². The number of hydrogen-bond donors (Lipinski definition) is 0. The number of benzene rings is 2. The smallest absolute Gasteiger partial charge is 0.226 e. The summed E-state index contributed by atoms with van der Waals surface area (Å²) in [5, 5.41) is 1.02. The van der Waals surface area contributed by atoms with E-state index in [4.69, 9.17) is 23.2 Å². The molecular formula is C21H22Cl2FNO. The van der Waals surface area contributed by atoms with Gasteiger partial charge < -0.3 is 4.90 Å². The van der Waals surface area contributed by atoms with Gasteiger partial charge in [-0.3, -0.25) is 4.79 Å². The number of amides is 1. The number of hydrogen-bond acceptors (Lipinski definition) is 1. The van der Waals surface area contributed by atoms with Gasteiger partial charge in [0.2, 0.25) is 5.91 Å². The largest absolute Gasteiger partial charge is 0.332 e. The molecule has 0 radical (unpaired) electrons. The van der Waals surface area contributed by atoms with Crippen LogP contribution in [0.25, 0.3) is 0 Å². The highest BCUT2D eigenvalue weighted by Gasteiger charge is 2.42. The number of rotatable bonds is 3. The molecule has 1 aliphatic rings. The highest BCUT2D eigenvalue weighted by molar-refractivity contribution is 6.30. The van der Waals surface area contributed by atoms with Gasteiger partial charge in [0.15, 0.2) is 0 Å². The van der Waals surface area contributed by atoms with Crippen LogP contribution in [0.4, 0.5) is 4.39 Å². The molecule has 3 rings (SSSR count). The molecule has 1 amide bonds. The third-order valence-corrected chi connectivity index (χ3v) is 5.52. The Hall–Kier alpha value is -1.58. The van der Waals surface area contributed by atoms with Crippen LogP contribution in [-0.4, -0.2) is 16.8 Å². The van der Waals surface area contributed by atoms with E-state index >= 15 is 0 Å². The lowest BCUT2D eigenvalue weighted by atomic mass is 9.76. The second kappa shape index (κ2) is 7.58. The van der Waals surface area contributed by atoms with Crippen molar-refractivity contribution in [1.82, 2.24) is 4.90 Å². The van der Waals surface area contributed by atoms with Gasteiger partial charge in [0.05, 0.1) is 6.04 Å². The Bertz CT molecular complexity index is 786. The maximum atomic E-state index is 14.0. The first-order chi connectivity index (χ1) is 12.3. The molecule has 3 unspecified atom stereocenters. The number of carbonyl (C=O) groups is 1. The molecule has 138 valence electrons.